The molecule has 3 atom stereocenters. The van der Waals surface area contributed by atoms with E-state index in [1.165, 1.54) is 0 Å². The van der Waals surface area contributed by atoms with Crippen molar-refractivity contribution in [1.29, 1.82) is 0 Å². The van der Waals surface area contributed by atoms with Crippen molar-refractivity contribution >= 4 is 16.9 Å². The average molecular weight is 300 g/mol. The van der Waals surface area contributed by atoms with E-state index in [9.17, 15) is 35.5 Å². The Morgan fingerprint density at radius 1 is 1.11 bits per heavy atom. The number of hydrogen-bond acceptors (Lipinski definition) is 2. The lowest BCUT2D eigenvalue weighted by Gasteiger charge is -2.25. The van der Waals surface area contributed by atoms with Crippen LogP contribution in [0.25, 0.3) is 0 Å². The molecule has 108 valence electrons. The van der Waals surface area contributed by atoms with Gasteiger partial charge in [0.2, 0.25) is 6.17 Å². The predicted molar refractivity (Wildman–Crippen MR) is 53.4 cm³/mol. The van der Waals surface area contributed by atoms with Crippen LogP contribution >= 0.6 is 11.8 Å². The summed E-state index contributed by atoms with van der Waals surface area (Å²) in [5.41, 5.74) is 0. The van der Waals surface area contributed by atoms with Crippen LogP contribution in [0.4, 0.5) is 30.7 Å². The fourth-order valence-corrected chi connectivity index (χ4v) is 1.65. The van der Waals surface area contributed by atoms with E-state index in [-0.39, 0.29) is 5.75 Å². The number of alkyl halides is 7. The molecule has 0 aromatic heterocycles. The molecule has 0 heterocycles. The van der Waals surface area contributed by atoms with E-state index in [4.69, 9.17) is 0 Å². The highest BCUT2D eigenvalue weighted by Crippen LogP contribution is 2.35. The maximum atomic E-state index is 13.0. The number of carbonyl (C=O) groups excluding carboxylic acids is 1. The van der Waals surface area contributed by atoms with E-state index >= 15 is 0 Å². The number of halogens is 7. The Morgan fingerprint density at radius 2 is 1.61 bits per heavy atom. The zero-order valence-corrected chi connectivity index (χ0v) is 10.0. The van der Waals surface area contributed by atoms with Crippen LogP contribution in [-0.4, -0.2) is 41.7 Å². The summed E-state index contributed by atoms with van der Waals surface area (Å²) in [5.74, 6) is -5.40. The van der Waals surface area contributed by atoms with Crippen LogP contribution in [0.15, 0.2) is 0 Å². The largest absolute Gasteiger partial charge is 0.317 e. The molecule has 0 amide bonds. The first-order valence-corrected chi connectivity index (χ1v) is 5.80. The summed E-state index contributed by atoms with van der Waals surface area (Å²) in [6.45, 7) is 1.13. The topological polar surface area (TPSA) is 17.1 Å². The van der Waals surface area contributed by atoms with E-state index in [1.807, 2.05) is 0 Å². The minimum atomic E-state index is -5.10. The zero-order valence-electron chi connectivity index (χ0n) is 9.19. The normalized spacial score (nSPS) is 17.6. The lowest BCUT2D eigenvalue weighted by atomic mass is 10.0. The Morgan fingerprint density at radius 3 is 2.00 bits per heavy atom. The Hall–Kier alpha value is -0.470. The molecule has 0 radical (unpaired) electrons. The van der Waals surface area contributed by atoms with Gasteiger partial charge in [-0.25, -0.2) is 22.0 Å². The number of rotatable bonds is 7. The average Bonchev–Trinajstić information content (AvgIpc) is 2.25. The molecule has 0 saturated carbocycles. The quantitative estimate of drug-likeness (QED) is 0.669. The molecule has 0 N–H and O–H groups in total. The van der Waals surface area contributed by atoms with Gasteiger partial charge in [-0.15, -0.1) is 0 Å². The molecule has 0 spiro atoms. The predicted octanol–water partition coefficient (Wildman–Crippen LogP) is 3.57. The second kappa shape index (κ2) is 7.20. The molecule has 0 aromatic rings. The minimum absolute atomic E-state index is 0.293. The summed E-state index contributed by atoms with van der Waals surface area (Å²) in [7, 11) is 0. The van der Waals surface area contributed by atoms with Crippen LogP contribution in [0.3, 0.4) is 0 Å². The van der Waals surface area contributed by atoms with Crippen molar-refractivity contribution in [2.45, 2.75) is 44.2 Å². The Labute approximate surface area is 103 Å². The molecule has 18 heavy (non-hydrogen) atoms. The SMILES string of the molecule is CC(=O)SCCC(F)C(F)C(F)(F)C(F)C(F)F. The molecule has 3 unspecified atom stereocenters. The Balaban J connectivity index is 4.42. The molecule has 0 saturated heterocycles. The van der Waals surface area contributed by atoms with Crippen molar-refractivity contribution in [3.05, 3.63) is 0 Å². The van der Waals surface area contributed by atoms with Gasteiger partial charge in [0.05, 0.1) is 0 Å². The van der Waals surface area contributed by atoms with Crippen LogP contribution in [0.1, 0.15) is 13.3 Å². The maximum Gasteiger partial charge on any atom is 0.317 e. The first-order valence-electron chi connectivity index (χ1n) is 4.82. The maximum absolute atomic E-state index is 13.0. The molecular weight excluding hydrogens is 289 g/mol. The molecule has 0 aromatic carbocycles. The van der Waals surface area contributed by atoms with Crippen molar-refractivity contribution in [2.24, 2.45) is 0 Å². The summed E-state index contributed by atoms with van der Waals surface area (Å²) in [6.07, 6.45) is -15.4. The third-order valence-electron chi connectivity index (χ3n) is 1.97. The van der Waals surface area contributed by atoms with Crippen molar-refractivity contribution < 1.29 is 35.5 Å². The number of thioether (sulfide) groups is 1. The van der Waals surface area contributed by atoms with Gasteiger partial charge >= 0.3 is 5.92 Å². The lowest BCUT2D eigenvalue weighted by Crippen LogP contribution is -2.48. The minimum Gasteiger partial charge on any atom is -0.288 e. The smallest absolute Gasteiger partial charge is 0.288 e. The molecule has 0 aliphatic rings. The van der Waals surface area contributed by atoms with E-state index in [0.717, 1.165) is 6.92 Å². The molecular formula is C9H11F7OS. The first kappa shape index (κ1) is 17.5. The third-order valence-corrected chi connectivity index (χ3v) is 2.82. The summed E-state index contributed by atoms with van der Waals surface area (Å²) in [4.78, 5) is 10.4. The molecule has 0 rings (SSSR count). The van der Waals surface area contributed by atoms with Crippen molar-refractivity contribution in [3.8, 4) is 0 Å². The third kappa shape index (κ3) is 5.03. The van der Waals surface area contributed by atoms with Gasteiger partial charge in [-0.05, 0) is 6.42 Å². The van der Waals surface area contributed by atoms with Gasteiger partial charge < -0.3 is 0 Å². The highest BCUT2D eigenvalue weighted by molar-refractivity contribution is 8.13. The van der Waals surface area contributed by atoms with E-state index in [1.54, 1.807) is 0 Å². The van der Waals surface area contributed by atoms with Crippen molar-refractivity contribution in [1.82, 2.24) is 0 Å². The van der Waals surface area contributed by atoms with Crippen LogP contribution in [0.2, 0.25) is 0 Å². The number of carbonyl (C=O) groups is 1. The fourth-order valence-electron chi connectivity index (χ4n) is 1.02. The molecule has 1 nitrogen and oxygen atoms in total. The van der Waals surface area contributed by atoms with Crippen molar-refractivity contribution in [3.63, 3.8) is 0 Å². The van der Waals surface area contributed by atoms with Crippen LogP contribution in [0.5, 0.6) is 0 Å². The van der Waals surface area contributed by atoms with Gasteiger partial charge in [-0.3, -0.25) is 4.79 Å². The van der Waals surface area contributed by atoms with Crippen LogP contribution in [0, 0.1) is 0 Å². The second-order valence-electron chi connectivity index (χ2n) is 3.46. The first-order chi connectivity index (χ1) is 8.10. The summed E-state index contributed by atoms with van der Waals surface area (Å²) < 4.78 is 87.2. The van der Waals surface area contributed by atoms with Gasteiger partial charge in [-0.1, -0.05) is 11.8 Å². The van der Waals surface area contributed by atoms with Gasteiger partial charge in [0.1, 0.15) is 6.17 Å². The molecule has 0 aliphatic heterocycles. The monoisotopic (exact) mass is 300 g/mol. The Kier molecular flexibility index (Phi) is 7.01. The summed E-state index contributed by atoms with van der Waals surface area (Å²) in [6, 6.07) is 0. The second-order valence-corrected chi connectivity index (χ2v) is 4.73. The van der Waals surface area contributed by atoms with Gasteiger partial charge in [0, 0.05) is 12.7 Å². The van der Waals surface area contributed by atoms with Crippen LogP contribution in [-0.2, 0) is 4.79 Å². The molecule has 0 fully saturated rings. The molecule has 0 aliphatic carbocycles. The van der Waals surface area contributed by atoms with Gasteiger partial charge in [-0.2, -0.15) is 8.78 Å². The molecule has 0 bridgehead atoms. The van der Waals surface area contributed by atoms with E-state index < -0.39 is 42.4 Å². The van der Waals surface area contributed by atoms with Gasteiger partial charge in [0.15, 0.2) is 11.3 Å². The van der Waals surface area contributed by atoms with E-state index in [2.05, 4.69) is 0 Å². The highest BCUT2D eigenvalue weighted by atomic mass is 32.2. The van der Waals surface area contributed by atoms with Crippen LogP contribution < -0.4 is 0 Å². The lowest BCUT2D eigenvalue weighted by molar-refractivity contribution is -0.179. The van der Waals surface area contributed by atoms with Gasteiger partial charge in [0.25, 0.3) is 6.43 Å². The van der Waals surface area contributed by atoms with E-state index in [0.29, 0.717) is 11.8 Å². The summed E-state index contributed by atoms with van der Waals surface area (Å²) >= 11 is 0.570. The Bertz CT molecular complexity index is 274. The molecule has 9 heteroatoms. The fraction of sp³-hybridized carbons (Fsp3) is 0.889. The summed E-state index contributed by atoms with van der Waals surface area (Å²) in [5, 5.41) is -0.430. The van der Waals surface area contributed by atoms with Crippen molar-refractivity contribution in [2.75, 3.05) is 5.75 Å². The number of hydrogen-bond donors (Lipinski definition) is 0. The standard InChI is InChI=1S/C9H11F7OS/c1-4(17)18-3-2-5(10)6(11)9(15,16)7(12)8(13)14/h5-8H,2-3H2,1H3. The zero-order chi connectivity index (χ0) is 14.5. The highest BCUT2D eigenvalue weighted by Gasteiger charge is 2.55.